The zero-order valence-electron chi connectivity index (χ0n) is 11.0. The van der Waals surface area contributed by atoms with E-state index in [1.807, 2.05) is 17.8 Å². The summed E-state index contributed by atoms with van der Waals surface area (Å²) < 4.78 is 1.16. The van der Waals surface area contributed by atoms with Crippen molar-refractivity contribution in [3.05, 3.63) is 49.6 Å². The van der Waals surface area contributed by atoms with Crippen molar-refractivity contribution in [3.63, 3.8) is 0 Å². The Kier molecular flexibility index (Phi) is 4.78. The van der Waals surface area contributed by atoms with E-state index in [1.165, 1.54) is 15.3 Å². The third kappa shape index (κ3) is 3.25. The Morgan fingerprint density at radius 2 is 2.25 bits per heavy atom. The van der Waals surface area contributed by atoms with Gasteiger partial charge in [-0.15, -0.1) is 23.1 Å². The summed E-state index contributed by atoms with van der Waals surface area (Å²) in [5, 5.41) is 6.71. The molecular weight excluding hydrogens is 374 g/mol. The summed E-state index contributed by atoms with van der Waals surface area (Å²) in [5.41, 5.74) is 1.34. The standard InChI is InChI=1S/C15H15BrClNS2/c1-9(15-6-10(16)8-20-15)18-13-4-5-19-14-3-2-11(17)7-12(13)14/h2-3,6-9,13,18H,4-5H2,1H3. The number of fused-ring (bicyclic) bond motifs is 1. The first-order chi connectivity index (χ1) is 9.63. The minimum Gasteiger partial charge on any atom is -0.303 e. The quantitative estimate of drug-likeness (QED) is 0.686. The third-order valence-electron chi connectivity index (χ3n) is 3.48. The average Bonchev–Trinajstić information content (AvgIpc) is 2.86. The Hall–Kier alpha value is -0.0000000000000000833. The van der Waals surface area contributed by atoms with Gasteiger partial charge in [0.25, 0.3) is 0 Å². The molecule has 0 spiro atoms. The Bertz CT molecular complexity index is 614. The molecular formula is C15H15BrClNS2. The monoisotopic (exact) mass is 387 g/mol. The van der Waals surface area contributed by atoms with Gasteiger partial charge in [-0.3, -0.25) is 0 Å². The van der Waals surface area contributed by atoms with Crippen LogP contribution in [0.1, 0.15) is 35.9 Å². The van der Waals surface area contributed by atoms with Crippen LogP contribution in [0.2, 0.25) is 5.02 Å². The molecule has 1 aromatic carbocycles. The fourth-order valence-electron chi connectivity index (χ4n) is 2.48. The minimum absolute atomic E-state index is 0.353. The summed E-state index contributed by atoms with van der Waals surface area (Å²) >= 11 is 13.4. The van der Waals surface area contributed by atoms with Crippen LogP contribution in [-0.4, -0.2) is 5.75 Å². The maximum Gasteiger partial charge on any atom is 0.0410 e. The van der Waals surface area contributed by atoms with Crippen LogP contribution in [0, 0.1) is 0 Å². The zero-order chi connectivity index (χ0) is 14.1. The zero-order valence-corrected chi connectivity index (χ0v) is 15.0. The molecule has 2 heterocycles. The lowest BCUT2D eigenvalue weighted by molar-refractivity contribution is 0.454. The SMILES string of the molecule is CC(NC1CCSc2ccc(Cl)cc21)c1cc(Br)cs1. The fraction of sp³-hybridized carbons (Fsp3) is 0.333. The Balaban J connectivity index is 1.80. The Morgan fingerprint density at radius 1 is 1.40 bits per heavy atom. The number of halogens is 2. The molecule has 0 saturated carbocycles. The molecule has 1 aliphatic heterocycles. The van der Waals surface area contributed by atoms with Gasteiger partial charge in [0.05, 0.1) is 0 Å². The first kappa shape index (κ1) is 14.9. The van der Waals surface area contributed by atoms with E-state index in [1.54, 1.807) is 11.3 Å². The lowest BCUT2D eigenvalue weighted by Crippen LogP contribution is -2.26. The van der Waals surface area contributed by atoms with Gasteiger partial charge in [0, 0.05) is 36.7 Å². The lowest BCUT2D eigenvalue weighted by atomic mass is 10.0. The predicted molar refractivity (Wildman–Crippen MR) is 93.1 cm³/mol. The van der Waals surface area contributed by atoms with Crippen molar-refractivity contribution in [1.29, 1.82) is 0 Å². The van der Waals surface area contributed by atoms with E-state index < -0.39 is 0 Å². The maximum atomic E-state index is 6.16. The Labute approximate surface area is 141 Å². The normalized spacial score (nSPS) is 19.6. The molecule has 0 saturated heterocycles. The smallest absolute Gasteiger partial charge is 0.0410 e. The first-order valence-corrected chi connectivity index (χ1v) is 9.59. The van der Waals surface area contributed by atoms with Crippen LogP contribution in [0.3, 0.4) is 0 Å². The van der Waals surface area contributed by atoms with Crippen LogP contribution >= 0.6 is 50.6 Å². The maximum absolute atomic E-state index is 6.16. The number of thioether (sulfide) groups is 1. The molecule has 106 valence electrons. The molecule has 0 aliphatic carbocycles. The number of rotatable bonds is 3. The van der Waals surface area contributed by atoms with Crippen molar-refractivity contribution in [1.82, 2.24) is 5.32 Å². The summed E-state index contributed by atoms with van der Waals surface area (Å²) in [6.07, 6.45) is 1.15. The van der Waals surface area contributed by atoms with Crippen LogP contribution < -0.4 is 5.32 Å². The van der Waals surface area contributed by atoms with Gasteiger partial charge in [-0.2, -0.15) is 0 Å². The summed E-state index contributed by atoms with van der Waals surface area (Å²) in [4.78, 5) is 2.72. The second-order valence-corrected chi connectivity index (χ2v) is 8.36. The highest BCUT2D eigenvalue weighted by atomic mass is 79.9. The van der Waals surface area contributed by atoms with E-state index >= 15 is 0 Å². The van der Waals surface area contributed by atoms with E-state index in [4.69, 9.17) is 11.6 Å². The highest BCUT2D eigenvalue weighted by Gasteiger charge is 2.23. The van der Waals surface area contributed by atoms with E-state index in [-0.39, 0.29) is 0 Å². The number of thiophene rings is 1. The number of hydrogen-bond donors (Lipinski definition) is 1. The molecule has 2 atom stereocenters. The highest BCUT2D eigenvalue weighted by molar-refractivity contribution is 9.10. The van der Waals surface area contributed by atoms with E-state index in [0.717, 1.165) is 21.7 Å². The van der Waals surface area contributed by atoms with Crippen LogP contribution in [0.5, 0.6) is 0 Å². The number of hydrogen-bond acceptors (Lipinski definition) is 3. The molecule has 2 aromatic rings. The molecule has 1 aromatic heterocycles. The molecule has 0 amide bonds. The van der Waals surface area contributed by atoms with Crippen LogP contribution in [0.15, 0.2) is 39.0 Å². The number of benzene rings is 1. The van der Waals surface area contributed by atoms with Crippen molar-refractivity contribution in [2.24, 2.45) is 0 Å². The summed E-state index contributed by atoms with van der Waals surface area (Å²) in [5.74, 6) is 1.16. The molecule has 1 N–H and O–H groups in total. The van der Waals surface area contributed by atoms with E-state index in [9.17, 15) is 0 Å². The van der Waals surface area contributed by atoms with Gasteiger partial charge >= 0.3 is 0 Å². The third-order valence-corrected chi connectivity index (χ3v) is 6.71. The molecule has 5 heteroatoms. The van der Waals surface area contributed by atoms with E-state index in [2.05, 4.69) is 51.7 Å². The second kappa shape index (κ2) is 6.41. The van der Waals surface area contributed by atoms with Crippen LogP contribution in [0.25, 0.3) is 0 Å². The van der Waals surface area contributed by atoms with Gasteiger partial charge in [-0.05, 0) is 64.9 Å². The molecule has 20 heavy (non-hydrogen) atoms. The van der Waals surface area contributed by atoms with Crippen LogP contribution in [0.4, 0.5) is 0 Å². The molecule has 0 radical (unpaired) electrons. The van der Waals surface area contributed by atoms with Crippen molar-refractivity contribution in [3.8, 4) is 0 Å². The number of nitrogens with one attached hydrogen (secondary N) is 1. The Morgan fingerprint density at radius 3 is 3.00 bits per heavy atom. The molecule has 0 fully saturated rings. The summed E-state index contributed by atoms with van der Waals surface area (Å²) in [6, 6.07) is 9.17. The highest BCUT2D eigenvalue weighted by Crippen LogP contribution is 2.39. The van der Waals surface area contributed by atoms with Gasteiger partial charge in [0.15, 0.2) is 0 Å². The lowest BCUT2D eigenvalue weighted by Gasteiger charge is -2.28. The first-order valence-electron chi connectivity index (χ1n) is 6.55. The molecule has 0 bridgehead atoms. The largest absolute Gasteiger partial charge is 0.303 e. The second-order valence-electron chi connectivity index (χ2n) is 4.93. The van der Waals surface area contributed by atoms with Crippen molar-refractivity contribution in [2.75, 3.05) is 5.75 Å². The van der Waals surface area contributed by atoms with Gasteiger partial charge in [-0.25, -0.2) is 0 Å². The van der Waals surface area contributed by atoms with Gasteiger partial charge < -0.3 is 5.32 Å². The van der Waals surface area contributed by atoms with Crippen molar-refractivity contribution >= 4 is 50.6 Å². The fourth-order valence-corrected chi connectivity index (χ4v) is 5.23. The van der Waals surface area contributed by atoms with Gasteiger partial charge in [0.2, 0.25) is 0 Å². The van der Waals surface area contributed by atoms with Gasteiger partial charge in [0.1, 0.15) is 0 Å². The van der Waals surface area contributed by atoms with Gasteiger partial charge in [-0.1, -0.05) is 11.6 Å². The summed E-state index contributed by atoms with van der Waals surface area (Å²) in [7, 11) is 0. The minimum atomic E-state index is 0.353. The summed E-state index contributed by atoms with van der Waals surface area (Å²) in [6.45, 7) is 2.23. The van der Waals surface area contributed by atoms with Crippen molar-refractivity contribution in [2.45, 2.75) is 30.3 Å². The topological polar surface area (TPSA) is 12.0 Å². The van der Waals surface area contributed by atoms with E-state index in [0.29, 0.717) is 12.1 Å². The van der Waals surface area contributed by atoms with Crippen molar-refractivity contribution < 1.29 is 0 Å². The molecule has 1 aliphatic rings. The average molecular weight is 389 g/mol. The van der Waals surface area contributed by atoms with Crippen LogP contribution in [-0.2, 0) is 0 Å². The molecule has 2 unspecified atom stereocenters. The predicted octanol–water partition coefficient (Wildman–Crippen LogP) is 6.05. The molecule has 3 rings (SSSR count). The molecule has 1 nitrogen and oxygen atoms in total.